The zero-order chi connectivity index (χ0) is 21.3. The van der Waals surface area contributed by atoms with Gasteiger partial charge in [0.05, 0.1) is 11.1 Å². The molecule has 0 unspecified atom stereocenters. The first-order chi connectivity index (χ1) is 14.4. The maximum absolute atomic E-state index is 13.4. The molecule has 2 aromatic carbocycles. The molecule has 1 aliphatic heterocycles. The summed E-state index contributed by atoms with van der Waals surface area (Å²) in [6.45, 7) is 0.379. The lowest BCUT2D eigenvalue weighted by Gasteiger charge is -2.36. The summed E-state index contributed by atoms with van der Waals surface area (Å²) in [7, 11) is 1.96. The molecule has 158 valence electrons. The molecular formula is C24H26F2N2O2. The Bertz CT molecular complexity index is 915. The number of benzene rings is 2. The molecule has 0 saturated heterocycles. The van der Waals surface area contributed by atoms with Crippen LogP contribution in [0.1, 0.15) is 58.4 Å². The highest BCUT2D eigenvalue weighted by molar-refractivity contribution is 6.21. The lowest BCUT2D eigenvalue weighted by Crippen LogP contribution is -2.38. The quantitative estimate of drug-likeness (QED) is 0.632. The van der Waals surface area contributed by atoms with E-state index in [-0.39, 0.29) is 30.7 Å². The molecule has 1 fully saturated rings. The lowest BCUT2D eigenvalue weighted by atomic mass is 9.91. The molecule has 30 heavy (non-hydrogen) atoms. The third-order valence-corrected chi connectivity index (χ3v) is 6.28. The number of aryl methyl sites for hydroxylation is 1. The van der Waals surface area contributed by atoms with Crippen LogP contribution < -0.4 is 4.90 Å². The second-order valence-electron chi connectivity index (χ2n) is 8.28. The smallest absolute Gasteiger partial charge is 0.261 e. The van der Waals surface area contributed by atoms with Crippen molar-refractivity contribution in [1.82, 2.24) is 4.90 Å². The summed E-state index contributed by atoms with van der Waals surface area (Å²) < 4.78 is 26.9. The van der Waals surface area contributed by atoms with Gasteiger partial charge in [-0.2, -0.15) is 0 Å². The number of nitrogens with zero attached hydrogens (tertiary/aromatic N) is 2. The molecule has 2 aromatic rings. The number of halogens is 2. The van der Waals surface area contributed by atoms with Crippen LogP contribution in [0.2, 0.25) is 0 Å². The maximum Gasteiger partial charge on any atom is 0.261 e. The molecule has 0 atom stereocenters. The normalized spacial score (nSPS) is 18.6. The molecule has 2 aliphatic rings. The van der Waals surface area contributed by atoms with E-state index >= 15 is 0 Å². The highest BCUT2D eigenvalue weighted by Crippen LogP contribution is 2.36. The first kappa shape index (κ1) is 20.5. The van der Waals surface area contributed by atoms with Crippen LogP contribution in [0.25, 0.3) is 0 Å². The van der Waals surface area contributed by atoms with Crippen LogP contribution in [-0.2, 0) is 6.42 Å². The predicted octanol–water partition coefficient (Wildman–Crippen LogP) is 4.93. The number of imide groups is 1. The SMILES string of the molecule is CN(c1cccc(CCCN2C(=O)c3ccccc3C2=O)c1)C1CCC(F)(F)CC1. The topological polar surface area (TPSA) is 40.6 Å². The van der Waals surface area contributed by atoms with E-state index in [4.69, 9.17) is 0 Å². The summed E-state index contributed by atoms with van der Waals surface area (Å²) >= 11 is 0. The Hall–Kier alpha value is -2.76. The van der Waals surface area contributed by atoms with E-state index in [1.165, 1.54) is 4.90 Å². The van der Waals surface area contributed by atoms with Crippen LogP contribution in [0.3, 0.4) is 0 Å². The molecule has 4 nitrogen and oxygen atoms in total. The number of carbonyl (C=O) groups excluding carboxylic acids is 2. The van der Waals surface area contributed by atoms with Gasteiger partial charge in [-0.25, -0.2) is 8.78 Å². The van der Waals surface area contributed by atoms with E-state index in [1.807, 2.05) is 25.2 Å². The van der Waals surface area contributed by atoms with Gasteiger partial charge >= 0.3 is 0 Å². The van der Waals surface area contributed by atoms with Crippen LogP contribution in [0.4, 0.5) is 14.5 Å². The molecular weight excluding hydrogens is 386 g/mol. The van der Waals surface area contributed by atoms with Crippen molar-refractivity contribution in [3.63, 3.8) is 0 Å². The van der Waals surface area contributed by atoms with Crippen molar-refractivity contribution < 1.29 is 18.4 Å². The van der Waals surface area contributed by atoms with Crippen LogP contribution in [0, 0.1) is 0 Å². The fraction of sp³-hybridized carbons (Fsp3) is 0.417. The number of rotatable bonds is 6. The van der Waals surface area contributed by atoms with E-state index in [0.29, 0.717) is 36.9 Å². The van der Waals surface area contributed by atoms with Gasteiger partial charge in [-0.3, -0.25) is 14.5 Å². The largest absolute Gasteiger partial charge is 0.372 e. The Morgan fingerprint density at radius 2 is 1.63 bits per heavy atom. The molecule has 6 heteroatoms. The molecule has 0 aromatic heterocycles. The second kappa shape index (κ2) is 8.17. The van der Waals surface area contributed by atoms with Crippen molar-refractivity contribution in [2.45, 2.75) is 50.5 Å². The predicted molar refractivity (Wildman–Crippen MR) is 112 cm³/mol. The minimum absolute atomic E-state index is 0.0536. The number of amides is 2. The van der Waals surface area contributed by atoms with Gasteiger partial charge in [0, 0.05) is 38.2 Å². The van der Waals surface area contributed by atoms with Crippen molar-refractivity contribution in [2.75, 3.05) is 18.5 Å². The Kier molecular flexibility index (Phi) is 5.58. The van der Waals surface area contributed by atoms with Crippen molar-refractivity contribution >= 4 is 17.5 Å². The zero-order valence-electron chi connectivity index (χ0n) is 17.1. The number of hydrogen-bond acceptors (Lipinski definition) is 3. The number of hydrogen-bond donors (Lipinski definition) is 0. The average molecular weight is 412 g/mol. The van der Waals surface area contributed by atoms with Crippen LogP contribution in [-0.4, -0.2) is 42.3 Å². The van der Waals surface area contributed by atoms with E-state index in [2.05, 4.69) is 11.0 Å². The van der Waals surface area contributed by atoms with Gasteiger partial charge in [0.15, 0.2) is 0 Å². The molecule has 0 N–H and O–H groups in total. The summed E-state index contributed by atoms with van der Waals surface area (Å²) in [5.74, 6) is -2.97. The average Bonchev–Trinajstić information content (AvgIpc) is 2.99. The van der Waals surface area contributed by atoms with Gasteiger partial charge in [0.25, 0.3) is 11.8 Å². The summed E-state index contributed by atoms with van der Waals surface area (Å²) in [6.07, 6.45) is 2.29. The van der Waals surface area contributed by atoms with Crippen molar-refractivity contribution in [1.29, 1.82) is 0 Å². The minimum atomic E-state index is -2.52. The fourth-order valence-corrected chi connectivity index (χ4v) is 4.44. The van der Waals surface area contributed by atoms with Crippen LogP contribution >= 0.6 is 0 Å². The number of alkyl halides is 2. The fourth-order valence-electron chi connectivity index (χ4n) is 4.44. The number of carbonyl (C=O) groups is 2. The standard InChI is InChI=1S/C24H26F2N2O2/c1-27(18-11-13-24(25,26)14-12-18)19-8-4-6-17(16-19)7-5-15-28-22(29)20-9-2-3-10-21(20)23(28)30/h2-4,6,8-10,16,18H,5,7,11-15H2,1H3. The van der Waals surface area contributed by atoms with Gasteiger partial charge in [0.2, 0.25) is 5.92 Å². The zero-order valence-corrected chi connectivity index (χ0v) is 17.1. The van der Waals surface area contributed by atoms with Crippen molar-refractivity contribution in [3.05, 3.63) is 65.2 Å². The monoisotopic (exact) mass is 412 g/mol. The second-order valence-corrected chi connectivity index (χ2v) is 8.28. The summed E-state index contributed by atoms with van der Waals surface area (Å²) in [6, 6.07) is 15.1. The third kappa shape index (κ3) is 4.09. The van der Waals surface area contributed by atoms with E-state index in [1.54, 1.807) is 24.3 Å². The Morgan fingerprint density at radius 3 is 2.27 bits per heavy atom. The molecule has 4 rings (SSSR count). The van der Waals surface area contributed by atoms with Crippen molar-refractivity contribution in [3.8, 4) is 0 Å². The summed E-state index contributed by atoms with van der Waals surface area (Å²) in [4.78, 5) is 28.3. The summed E-state index contributed by atoms with van der Waals surface area (Å²) in [5, 5.41) is 0. The van der Waals surface area contributed by atoms with Gasteiger partial charge in [-0.05, 0) is 55.5 Å². The van der Waals surface area contributed by atoms with Crippen molar-refractivity contribution in [2.24, 2.45) is 0 Å². The molecule has 1 saturated carbocycles. The van der Waals surface area contributed by atoms with E-state index < -0.39 is 5.92 Å². The highest BCUT2D eigenvalue weighted by atomic mass is 19.3. The third-order valence-electron chi connectivity index (χ3n) is 6.28. The van der Waals surface area contributed by atoms with Gasteiger partial charge in [-0.1, -0.05) is 24.3 Å². The molecule has 0 bridgehead atoms. The molecule has 0 spiro atoms. The van der Waals surface area contributed by atoms with Gasteiger partial charge in [-0.15, -0.1) is 0 Å². The van der Waals surface area contributed by atoms with Gasteiger partial charge < -0.3 is 4.90 Å². The van der Waals surface area contributed by atoms with E-state index in [0.717, 1.165) is 17.7 Å². The highest BCUT2D eigenvalue weighted by Gasteiger charge is 2.36. The lowest BCUT2D eigenvalue weighted by molar-refractivity contribution is -0.0378. The molecule has 1 heterocycles. The Labute approximate surface area is 175 Å². The minimum Gasteiger partial charge on any atom is -0.372 e. The Morgan fingerprint density at radius 1 is 1.00 bits per heavy atom. The van der Waals surface area contributed by atoms with Crippen LogP contribution in [0.5, 0.6) is 0 Å². The molecule has 1 aliphatic carbocycles. The Balaban J connectivity index is 1.34. The maximum atomic E-state index is 13.4. The number of fused-ring (bicyclic) bond motifs is 1. The number of anilines is 1. The van der Waals surface area contributed by atoms with E-state index in [9.17, 15) is 18.4 Å². The molecule has 0 radical (unpaired) electrons. The van der Waals surface area contributed by atoms with Gasteiger partial charge in [0.1, 0.15) is 0 Å². The summed E-state index contributed by atoms with van der Waals surface area (Å²) in [5.41, 5.74) is 3.08. The molecule has 2 amide bonds. The first-order valence-corrected chi connectivity index (χ1v) is 10.5. The van der Waals surface area contributed by atoms with Crippen LogP contribution in [0.15, 0.2) is 48.5 Å². The first-order valence-electron chi connectivity index (χ1n) is 10.5.